The van der Waals surface area contributed by atoms with Crippen LogP contribution in [-0.2, 0) is 6.42 Å². The maximum absolute atomic E-state index is 3.42. The van der Waals surface area contributed by atoms with Gasteiger partial charge in [-0.3, -0.25) is 0 Å². The first-order valence-electron chi connectivity index (χ1n) is 5.11. The van der Waals surface area contributed by atoms with Gasteiger partial charge in [0.05, 0.1) is 0 Å². The molecular formula is C13H13N. The molecule has 14 heavy (non-hydrogen) atoms. The topological polar surface area (TPSA) is 12.0 Å². The number of aryl methyl sites for hydroxylation is 1. The number of nitrogens with one attached hydrogen (secondary N) is 1. The van der Waals surface area contributed by atoms with Gasteiger partial charge in [0.1, 0.15) is 0 Å². The smallest absolute Gasteiger partial charge is 0.0380 e. The molecule has 0 unspecified atom stereocenters. The summed E-state index contributed by atoms with van der Waals surface area (Å²) in [4.78, 5) is 0. The third kappa shape index (κ3) is 0.955. The molecule has 2 aromatic rings. The fourth-order valence-electron chi connectivity index (χ4n) is 2.40. The molecule has 0 aliphatic carbocycles. The third-order valence-corrected chi connectivity index (χ3v) is 3.05. The standard InChI is InChI=1S/C13H13N/c1-9-3-2-4-10-5-6-12-11(13(9)10)7-8-14-12/h2-6,14H,7-8H2,1H3. The molecular weight excluding hydrogens is 170 g/mol. The normalized spacial score (nSPS) is 14.1. The van der Waals surface area contributed by atoms with Crippen LogP contribution in [0, 0.1) is 6.92 Å². The Morgan fingerprint density at radius 3 is 3.00 bits per heavy atom. The van der Waals surface area contributed by atoms with Gasteiger partial charge in [0.15, 0.2) is 0 Å². The van der Waals surface area contributed by atoms with E-state index in [2.05, 4.69) is 42.6 Å². The Bertz CT molecular complexity index is 500. The van der Waals surface area contributed by atoms with Crippen LogP contribution in [0.25, 0.3) is 10.8 Å². The Labute approximate surface area is 83.8 Å². The number of hydrogen-bond donors (Lipinski definition) is 1. The van der Waals surface area contributed by atoms with Gasteiger partial charge in [0, 0.05) is 12.2 Å². The minimum absolute atomic E-state index is 1.09. The quantitative estimate of drug-likeness (QED) is 0.661. The highest BCUT2D eigenvalue weighted by Gasteiger charge is 2.13. The largest absolute Gasteiger partial charge is 0.384 e. The van der Waals surface area contributed by atoms with Gasteiger partial charge >= 0.3 is 0 Å². The maximum Gasteiger partial charge on any atom is 0.0380 e. The summed E-state index contributed by atoms with van der Waals surface area (Å²) in [6, 6.07) is 10.9. The van der Waals surface area contributed by atoms with Crippen molar-refractivity contribution in [1.29, 1.82) is 0 Å². The minimum atomic E-state index is 1.09. The van der Waals surface area contributed by atoms with Gasteiger partial charge in [-0.15, -0.1) is 0 Å². The average Bonchev–Trinajstić information content (AvgIpc) is 2.65. The van der Waals surface area contributed by atoms with Gasteiger partial charge in [-0.25, -0.2) is 0 Å². The summed E-state index contributed by atoms with van der Waals surface area (Å²) >= 11 is 0. The Hall–Kier alpha value is -1.50. The summed E-state index contributed by atoms with van der Waals surface area (Å²) in [5.74, 6) is 0. The van der Waals surface area contributed by atoms with Crippen molar-refractivity contribution in [2.24, 2.45) is 0 Å². The SMILES string of the molecule is Cc1cccc2ccc3c(c12)CCN3. The van der Waals surface area contributed by atoms with Crippen LogP contribution >= 0.6 is 0 Å². The van der Waals surface area contributed by atoms with Crippen molar-refractivity contribution in [3.63, 3.8) is 0 Å². The van der Waals surface area contributed by atoms with Gasteiger partial charge in [-0.05, 0) is 41.3 Å². The summed E-state index contributed by atoms with van der Waals surface area (Å²) in [7, 11) is 0. The monoisotopic (exact) mass is 183 g/mol. The molecule has 1 heteroatoms. The minimum Gasteiger partial charge on any atom is -0.384 e. The van der Waals surface area contributed by atoms with Crippen LogP contribution in [0.3, 0.4) is 0 Å². The zero-order valence-corrected chi connectivity index (χ0v) is 8.30. The van der Waals surface area contributed by atoms with E-state index in [9.17, 15) is 0 Å². The molecule has 1 aliphatic rings. The molecule has 1 N–H and O–H groups in total. The van der Waals surface area contributed by atoms with E-state index in [0.29, 0.717) is 0 Å². The molecule has 0 bridgehead atoms. The number of anilines is 1. The van der Waals surface area contributed by atoms with Crippen molar-refractivity contribution in [3.8, 4) is 0 Å². The lowest BCUT2D eigenvalue weighted by molar-refractivity contribution is 1.11. The van der Waals surface area contributed by atoms with E-state index in [1.54, 1.807) is 0 Å². The van der Waals surface area contributed by atoms with Crippen LogP contribution in [0.2, 0.25) is 0 Å². The van der Waals surface area contributed by atoms with E-state index in [1.807, 2.05) is 0 Å². The van der Waals surface area contributed by atoms with Crippen LogP contribution < -0.4 is 5.32 Å². The summed E-state index contributed by atoms with van der Waals surface area (Å²) < 4.78 is 0. The Kier molecular flexibility index (Phi) is 1.54. The second-order valence-corrected chi connectivity index (χ2v) is 3.94. The molecule has 0 saturated heterocycles. The first-order valence-corrected chi connectivity index (χ1v) is 5.11. The molecule has 0 radical (unpaired) electrons. The zero-order chi connectivity index (χ0) is 9.54. The summed E-state index contributed by atoms with van der Waals surface area (Å²) in [6.07, 6.45) is 1.16. The Morgan fingerprint density at radius 1 is 1.14 bits per heavy atom. The van der Waals surface area contributed by atoms with Crippen molar-refractivity contribution in [1.82, 2.24) is 0 Å². The van der Waals surface area contributed by atoms with Crippen molar-refractivity contribution in [2.45, 2.75) is 13.3 Å². The van der Waals surface area contributed by atoms with Gasteiger partial charge in [-0.1, -0.05) is 24.3 Å². The van der Waals surface area contributed by atoms with Crippen LogP contribution in [0.15, 0.2) is 30.3 Å². The molecule has 1 aliphatic heterocycles. The molecule has 1 nitrogen and oxygen atoms in total. The predicted octanol–water partition coefficient (Wildman–Crippen LogP) is 3.12. The summed E-state index contributed by atoms with van der Waals surface area (Å²) in [6.45, 7) is 3.28. The van der Waals surface area contributed by atoms with E-state index in [0.717, 1.165) is 13.0 Å². The number of rotatable bonds is 0. The number of fused-ring (bicyclic) bond motifs is 3. The highest BCUT2D eigenvalue weighted by atomic mass is 14.9. The molecule has 70 valence electrons. The Morgan fingerprint density at radius 2 is 2.07 bits per heavy atom. The van der Waals surface area contributed by atoms with Gasteiger partial charge in [0.2, 0.25) is 0 Å². The number of hydrogen-bond acceptors (Lipinski definition) is 1. The first kappa shape index (κ1) is 7.86. The maximum atomic E-state index is 3.42. The van der Waals surface area contributed by atoms with E-state index < -0.39 is 0 Å². The molecule has 2 aromatic carbocycles. The van der Waals surface area contributed by atoms with E-state index in [4.69, 9.17) is 0 Å². The predicted molar refractivity (Wildman–Crippen MR) is 60.9 cm³/mol. The average molecular weight is 183 g/mol. The second-order valence-electron chi connectivity index (χ2n) is 3.94. The molecule has 0 spiro atoms. The highest BCUT2D eigenvalue weighted by molar-refractivity contribution is 5.93. The van der Waals surface area contributed by atoms with Crippen molar-refractivity contribution >= 4 is 16.5 Å². The van der Waals surface area contributed by atoms with Crippen molar-refractivity contribution in [3.05, 3.63) is 41.5 Å². The van der Waals surface area contributed by atoms with E-state index in [1.165, 1.54) is 27.6 Å². The van der Waals surface area contributed by atoms with Crippen LogP contribution in [0.1, 0.15) is 11.1 Å². The zero-order valence-electron chi connectivity index (χ0n) is 8.30. The molecule has 1 heterocycles. The molecule has 3 rings (SSSR count). The van der Waals surface area contributed by atoms with Crippen LogP contribution in [0.4, 0.5) is 5.69 Å². The lowest BCUT2D eigenvalue weighted by Crippen LogP contribution is -1.90. The van der Waals surface area contributed by atoms with Crippen molar-refractivity contribution in [2.75, 3.05) is 11.9 Å². The first-order chi connectivity index (χ1) is 6.86. The van der Waals surface area contributed by atoms with Crippen LogP contribution in [0.5, 0.6) is 0 Å². The molecule has 0 fully saturated rings. The number of benzene rings is 2. The second kappa shape index (κ2) is 2.74. The lowest BCUT2D eigenvalue weighted by Gasteiger charge is -2.07. The summed E-state index contributed by atoms with van der Waals surface area (Å²) in [5.41, 5.74) is 4.22. The Balaban J connectivity index is 2.47. The van der Waals surface area contributed by atoms with Crippen molar-refractivity contribution < 1.29 is 0 Å². The molecule has 0 atom stereocenters. The molecule has 0 aromatic heterocycles. The lowest BCUT2D eigenvalue weighted by atomic mass is 9.98. The molecule has 0 amide bonds. The van der Waals surface area contributed by atoms with Gasteiger partial charge in [0.25, 0.3) is 0 Å². The summed E-state index contributed by atoms with van der Waals surface area (Å²) in [5, 5.41) is 6.24. The molecule has 0 saturated carbocycles. The highest BCUT2D eigenvalue weighted by Crippen LogP contribution is 2.32. The van der Waals surface area contributed by atoms with Gasteiger partial charge in [-0.2, -0.15) is 0 Å². The fraction of sp³-hybridized carbons (Fsp3) is 0.231. The van der Waals surface area contributed by atoms with Crippen LogP contribution in [-0.4, -0.2) is 6.54 Å². The van der Waals surface area contributed by atoms with E-state index >= 15 is 0 Å². The van der Waals surface area contributed by atoms with Gasteiger partial charge < -0.3 is 5.32 Å². The fourth-order valence-corrected chi connectivity index (χ4v) is 2.40. The van der Waals surface area contributed by atoms with E-state index in [-0.39, 0.29) is 0 Å². The third-order valence-electron chi connectivity index (χ3n) is 3.05.